The molecule has 0 saturated heterocycles. The van der Waals surface area contributed by atoms with Crippen LogP contribution < -0.4 is 14.8 Å². The minimum Gasteiger partial charge on any atom is -0.493 e. The first kappa shape index (κ1) is 24.1. The van der Waals surface area contributed by atoms with Crippen LogP contribution in [0, 0.1) is 5.82 Å². The lowest BCUT2D eigenvalue weighted by Crippen LogP contribution is -2.30. The van der Waals surface area contributed by atoms with Crippen LogP contribution in [0.1, 0.15) is 29.7 Å². The molecule has 1 aliphatic heterocycles. The maximum atomic E-state index is 13.3. The lowest BCUT2D eigenvalue weighted by atomic mass is 9.92. The Kier molecular flexibility index (Phi) is 6.85. The summed E-state index contributed by atoms with van der Waals surface area (Å²) in [5, 5.41) is 7.65. The third kappa shape index (κ3) is 4.88. The Bertz CT molecular complexity index is 1430. The summed E-state index contributed by atoms with van der Waals surface area (Å²) >= 11 is 0. The number of rotatable bonds is 8. The topological polar surface area (TPSA) is 87.5 Å². The van der Waals surface area contributed by atoms with E-state index in [1.807, 2.05) is 42.5 Å². The van der Waals surface area contributed by atoms with E-state index in [1.165, 1.54) is 18.5 Å². The summed E-state index contributed by atoms with van der Waals surface area (Å²) in [5.41, 5.74) is 3.36. The van der Waals surface area contributed by atoms with Crippen molar-refractivity contribution >= 4 is 17.6 Å². The van der Waals surface area contributed by atoms with Gasteiger partial charge in [0.15, 0.2) is 11.5 Å². The molecule has 0 saturated carbocycles. The van der Waals surface area contributed by atoms with Crippen LogP contribution in [0.5, 0.6) is 11.5 Å². The molecule has 0 spiro atoms. The Hall–Kier alpha value is -4.66. The number of nitrogens with one attached hydrogen (secondary N) is 1. The van der Waals surface area contributed by atoms with Crippen molar-refractivity contribution in [2.45, 2.75) is 19.6 Å². The van der Waals surface area contributed by atoms with Gasteiger partial charge in [-0.1, -0.05) is 48.5 Å². The predicted molar refractivity (Wildman–Crippen MR) is 136 cm³/mol. The van der Waals surface area contributed by atoms with Gasteiger partial charge in [0, 0.05) is 0 Å². The highest BCUT2D eigenvalue weighted by Crippen LogP contribution is 2.41. The first-order valence-corrected chi connectivity index (χ1v) is 11.8. The molecule has 0 fully saturated rings. The Labute approximate surface area is 213 Å². The molecule has 2 heterocycles. The predicted octanol–water partition coefficient (Wildman–Crippen LogP) is 4.99. The van der Waals surface area contributed by atoms with E-state index in [4.69, 9.17) is 14.2 Å². The molecule has 0 amide bonds. The van der Waals surface area contributed by atoms with E-state index in [2.05, 4.69) is 15.4 Å². The lowest BCUT2D eigenvalue weighted by molar-refractivity contribution is -0.138. The highest BCUT2D eigenvalue weighted by Gasteiger charge is 2.36. The van der Waals surface area contributed by atoms with Crippen LogP contribution in [0.15, 0.2) is 84.7 Å². The number of aromatic nitrogens is 3. The number of fused-ring (bicyclic) bond motifs is 1. The second-order valence-electron chi connectivity index (χ2n) is 8.26. The second kappa shape index (κ2) is 10.5. The van der Waals surface area contributed by atoms with E-state index in [1.54, 1.807) is 36.9 Å². The van der Waals surface area contributed by atoms with Gasteiger partial charge in [-0.3, -0.25) is 0 Å². The van der Waals surface area contributed by atoms with Crippen molar-refractivity contribution in [3.05, 3.63) is 107 Å². The zero-order chi connectivity index (χ0) is 25.8. The molecule has 8 nitrogen and oxygen atoms in total. The molecular formula is C28H25FN4O4. The molecule has 1 atom stereocenters. The van der Waals surface area contributed by atoms with Crippen LogP contribution >= 0.6 is 0 Å². The standard InChI is InChI=1S/C28H25FN4O4/c1-3-36-27(34)24-25(19-7-5-4-6-8-19)32-28-30-17-31-33(28)26(24)20-11-14-22(23(15-20)35-2)37-16-18-9-12-21(29)13-10-18/h4-15,17,26H,3,16H2,1-2H3,(H,30,31,32). The summed E-state index contributed by atoms with van der Waals surface area (Å²) in [5.74, 6) is 0.709. The maximum Gasteiger partial charge on any atom is 0.338 e. The highest BCUT2D eigenvalue weighted by molar-refractivity contribution is 6.02. The smallest absolute Gasteiger partial charge is 0.338 e. The third-order valence-corrected chi connectivity index (χ3v) is 5.97. The summed E-state index contributed by atoms with van der Waals surface area (Å²) in [6.45, 7) is 2.23. The number of esters is 1. The fourth-order valence-corrected chi connectivity index (χ4v) is 4.24. The number of carbonyl (C=O) groups is 1. The fraction of sp³-hybridized carbons (Fsp3) is 0.179. The molecular weight excluding hydrogens is 475 g/mol. The number of hydrogen-bond acceptors (Lipinski definition) is 7. The molecule has 1 aromatic heterocycles. The number of methoxy groups -OCH3 is 1. The van der Waals surface area contributed by atoms with Gasteiger partial charge in [0.05, 0.1) is 25.0 Å². The normalized spacial score (nSPS) is 14.5. The molecule has 37 heavy (non-hydrogen) atoms. The zero-order valence-corrected chi connectivity index (χ0v) is 20.3. The number of nitrogens with zero attached hydrogens (tertiary/aromatic N) is 3. The largest absolute Gasteiger partial charge is 0.493 e. The van der Waals surface area contributed by atoms with Crippen molar-refractivity contribution in [1.29, 1.82) is 0 Å². The van der Waals surface area contributed by atoms with Crippen molar-refractivity contribution in [3.8, 4) is 11.5 Å². The SMILES string of the molecule is CCOC(=O)C1=C(c2ccccc2)Nc2ncnn2C1c1ccc(OCc2ccc(F)cc2)c(OC)c1. The number of halogens is 1. The van der Waals surface area contributed by atoms with E-state index in [0.29, 0.717) is 28.7 Å². The van der Waals surface area contributed by atoms with Crippen molar-refractivity contribution in [2.75, 3.05) is 19.0 Å². The lowest BCUT2D eigenvalue weighted by Gasteiger charge is -2.30. The molecule has 0 bridgehead atoms. The second-order valence-corrected chi connectivity index (χ2v) is 8.26. The number of benzene rings is 3. The van der Waals surface area contributed by atoms with Gasteiger partial charge in [0.1, 0.15) is 24.8 Å². The fourth-order valence-electron chi connectivity index (χ4n) is 4.24. The molecule has 4 aromatic rings. The summed E-state index contributed by atoms with van der Waals surface area (Å²) in [6.07, 6.45) is 1.43. The van der Waals surface area contributed by atoms with Crippen LogP contribution in [0.3, 0.4) is 0 Å². The van der Waals surface area contributed by atoms with E-state index >= 15 is 0 Å². The molecule has 188 valence electrons. The number of ether oxygens (including phenoxy) is 3. The maximum absolute atomic E-state index is 13.3. The molecule has 3 aromatic carbocycles. The number of anilines is 1. The molecule has 1 aliphatic rings. The van der Waals surface area contributed by atoms with Gasteiger partial charge in [0.2, 0.25) is 5.95 Å². The monoisotopic (exact) mass is 500 g/mol. The average molecular weight is 501 g/mol. The quantitative estimate of drug-likeness (QED) is 0.341. The summed E-state index contributed by atoms with van der Waals surface area (Å²) in [6, 6.07) is 20.5. The van der Waals surface area contributed by atoms with Crippen molar-refractivity contribution in [2.24, 2.45) is 0 Å². The first-order valence-electron chi connectivity index (χ1n) is 11.8. The zero-order valence-electron chi connectivity index (χ0n) is 20.3. The highest BCUT2D eigenvalue weighted by atomic mass is 19.1. The van der Waals surface area contributed by atoms with Gasteiger partial charge < -0.3 is 19.5 Å². The van der Waals surface area contributed by atoms with E-state index < -0.39 is 12.0 Å². The van der Waals surface area contributed by atoms with Crippen LogP contribution in [0.2, 0.25) is 0 Å². The molecule has 1 unspecified atom stereocenters. The molecule has 5 rings (SSSR count). The minimum absolute atomic E-state index is 0.223. The summed E-state index contributed by atoms with van der Waals surface area (Å²) in [4.78, 5) is 17.7. The van der Waals surface area contributed by atoms with Crippen LogP contribution in [0.25, 0.3) is 5.70 Å². The van der Waals surface area contributed by atoms with Gasteiger partial charge in [-0.15, -0.1) is 0 Å². The molecule has 0 aliphatic carbocycles. The van der Waals surface area contributed by atoms with E-state index in [-0.39, 0.29) is 19.0 Å². The van der Waals surface area contributed by atoms with E-state index in [9.17, 15) is 9.18 Å². The van der Waals surface area contributed by atoms with Gasteiger partial charge >= 0.3 is 5.97 Å². The average Bonchev–Trinajstić information content (AvgIpc) is 3.41. The Morgan fingerprint density at radius 2 is 1.84 bits per heavy atom. The first-order chi connectivity index (χ1) is 18.1. The Morgan fingerprint density at radius 1 is 1.05 bits per heavy atom. The van der Waals surface area contributed by atoms with Crippen LogP contribution in [0.4, 0.5) is 10.3 Å². The van der Waals surface area contributed by atoms with Crippen LogP contribution in [-0.2, 0) is 16.1 Å². The Morgan fingerprint density at radius 3 is 2.57 bits per heavy atom. The Balaban J connectivity index is 1.56. The number of hydrogen-bond donors (Lipinski definition) is 1. The molecule has 0 radical (unpaired) electrons. The third-order valence-electron chi connectivity index (χ3n) is 5.97. The van der Waals surface area contributed by atoms with Crippen molar-refractivity contribution < 1.29 is 23.4 Å². The summed E-state index contributed by atoms with van der Waals surface area (Å²) < 4.78 is 31.9. The summed E-state index contributed by atoms with van der Waals surface area (Å²) in [7, 11) is 1.55. The minimum atomic E-state index is -0.631. The van der Waals surface area contributed by atoms with Gasteiger partial charge in [0.25, 0.3) is 0 Å². The van der Waals surface area contributed by atoms with Gasteiger partial charge in [-0.05, 0) is 47.9 Å². The van der Waals surface area contributed by atoms with Gasteiger partial charge in [-0.25, -0.2) is 13.9 Å². The molecule has 1 N–H and O–H groups in total. The van der Waals surface area contributed by atoms with Crippen molar-refractivity contribution in [3.63, 3.8) is 0 Å². The van der Waals surface area contributed by atoms with E-state index in [0.717, 1.165) is 16.7 Å². The van der Waals surface area contributed by atoms with Crippen LogP contribution in [-0.4, -0.2) is 34.5 Å². The molecule has 9 heteroatoms. The number of carbonyl (C=O) groups excluding carboxylic acids is 1. The van der Waals surface area contributed by atoms with Crippen molar-refractivity contribution in [1.82, 2.24) is 14.8 Å². The van der Waals surface area contributed by atoms with Gasteiger partial charge in [-0.2, -0.15) is 10.1 Å².